The second-order valence-electron chi connectivity index (χ2n) is 10.1. The van der Waals surface area contributed by atoms with Crippen LogP contribution in [-0.2, 0) is 11.3 Å². The molecule has 1 amide bonds. The number of nitrogens with zero attached hydrogens (tertiary/aromatic N) is 2. The third kappa shape index (κ3) is 3.48. The molecule has 0 spiro atoms. The predicted octanol–water partition coefficient (Wildman–Crippen LogP) is 4.42. The summed E-state index contributed by atoms with van der Waals surface area (Å²) in [6.45, 7) is -0.0480. The number of fused-ring (bicyclic) bond motifs is 1. The lowest BCUT2D eigenvalue weighted by molar-refractivity contribution is -0.116. The highest BCUT2D eigenvalue weighted by molar-refractivity contribution is 5.94. The third-order valence-corrected chi connectivity index (χ3v) is 7.69. The van der Waals surface area contributed by atoms with Gasteiger partial charge in [-0.3, -0.25) is 14.2 Å². The summed E-state index contributed by atoms with van der Waals surface area (Å²) in [6, 6.07) is 15.3. The Labute approximate surface area is 187 Å². The molecule has 4 bridgehead atoms. The molecule has 4 fully saturated rings. The van der Waals surface area contributed by atoms with E-state index in [9.17, 15) is 9.59 Å². The van der Waals surface area contributed by atoms with Crippen LogP contribution >= 0.6 is 0 Å². The van der Waals surface area contributed by atoms with Crippen molar-refractivity contribution in [3.8, 4) is 0 Å². The molecule has 4 saturated carbocycles. The molecular formula is C26H28N4O2. The molecule has 0 radical (unpaired) electrons. The molecule has 4 aliphatic rings. The Bertz CT molecular complexity index is 1210. The first-order valence-electron chi connectivity index (χ1n) is 11.7. The topological polar surface area (TPSA) is 76.0 Å². The molecule has 0 atom stereocenters. The molecule has 2 N–H and O–H groups in total. The standard InChI is InChI=1S/C26H28N4O2/c31-24(16-30-23-8-4-3-7-22(23)27-15-25(30)32)28-20-5-1-2-6-21(20)29-26-12-17-9-18(13-26)11-19(10-17)14-26/h1-8,15,17-19,29H,9-14,16H2,(H,28,31). The van der Waals surface area contributed by atoms with Crippen molar-refractivity contribution >= 4 is 28.3 Å². The van der Waals surface area contributed by atoms with Crippen molar-refractivity contribution in [1.29, 1.82) is 0 Å². The summed E-state index contributed by atoms with van der Waals surface area (Å²) in [7, 11) is 0. The molecule has 0 aliphatic heterocycles. The minimum Gasteiger partial charge on any atom is -0.378 e. The molecule has 32 heavy (non-hydrogen) atoms. The second kappa shape index (κ2) is 7.47. The van der Waals surface area contributed by atoms with Gasteiger partial charge in [-0.1, -0.05) is 24.3 Å². The SMILES string of the molecule is O=C(Cn1c(=O)cnc2ccccc21)Nc1ccccc1NC12CC3CC(CC(C3)C1)C2. The lowest BCUT2D eigenvalue weighted by atomic mass is 9.53. The summed E-state index contributed by atoms with van der Waals surface area (Å²) in [5.41, 5.74) is 3.00. The molecule has 7 rings (SSSR count). The van der Waals surface area contributed by atoms with Crippen molar-refractivity contribution < 1.29 is 4.79 Å². The van der Waals surface area contributed by atoms with Gasteiger partial charge in [0.1, 0.15) is 6.54 Å². The summed E-state index contributed by atoms with van der Waals surface area (Å²) in [4.78, 5) is 29.6. The molecule has 1 aromatic heterocycles. The Hall–Kier alpha value is -3.15. The highest BCUT2D eigenvalue weighted by atomic mass is 16.2. The molecule has 0 saturated heterocycles. The molecule has 6 nitrogen and oxygen atoms in total. The number of carbonyl (C=O) groups excluding carboxylic acids is 1. The van der Waals surface area contributed by atoms with E-state index in [0.717, 1.165) is 29.1 Å². The van der Waals surface area contributed by atoms with Gasteiger partial charge in [-0.05, 0) is 80.5 Å². The fourth-order valence-electron chi connectivity index (χ4n) is 6.86. The summed E-state index contributed by atoms with van der Waals surface area (Å²) < 4.78 is 1.48. The normalized spacial score (nSPS) is 28.1. The van der Waals surface area contributed by atoms with Gasteiger partial charge in [0.15, 0.2) is 0 Å². The van der Waals surface area contributed by atoms with Crippen molar-refractivity contribution in [3.05, 3.63) is 65.1 Å². The molecule has 6 heteroatoms. The Morgan fingerprint density at radius 2 is 1.56 bits per heavy atom. The van der Waals surface area contributed by atoms with Crippen LogP contribution in [0.15, 0.2) is 59.5 Å². The fourth-order valence-corrected chi connectivity index (χ4v) is 6.86. The van der Waals surface area contributed by atoms with Crippen LogP contribution in [0.3, 0.4) is 0 Å². The van der Waals surface area contributed by atoms with Crippen molar-refractivity contribution in [2.24, 2.45) is 17.8 Å². The molecule has 2 aromatic carbocycles. The van der Waals surface area contributed by atoms with Crippen molar-refractivity contribution in [3.63, 3.8) is 0 Å². The number of hydrogen-bond acceptors (Lipinski definition) is 4. The number of anilines is 2. The van der Waals surface area contributed by atoms with E-state index >= 15 is 0 Å². The molecule has 164 valence electrons. The van der Waals surface area contributed by atoms with E-state index in [2.05, 4.69) is 21.7 Å². The zero-order valence-corrected chi connectivity index (χ0v) is 18.1. The van der Waals surface area contributed by atoms with Gasteiger partial charge in [0.2, 0.25) is 5.91 Å². The van der Waals surface area contributed by atoms with Gasteiger partial charge in [-0.2, -0.15) is 0 Å². The minimum atomic E-state index is -0.279. The monoisotopic (exact) mass is 428 g/mol. The second-order valence-corrected chi connectivity index (χ2v) is 10.1. The van der Waals surface area contributed by atoms with Crippen LogP contribution in [0.1, 0.15) is 38.5 Å². The van der Waals surface area contributed by atoms with E-state index < -0.39 is 0 Å². The number of hydrogen-bond donors (Lipinski definition) is 2. The van der Waals surface area contributed by atoms with Gasteiger partial charge in [0.25, 0.3) is 5.56 Å². The number of aromatic nitrogens is 2. The first-order chi connectivity index (χ1) is 15.6. The molecule has 1 heterocycles. The van der Waals surface area contributed by atoms with Crippen LogP contribution in [-0.4, -0.2) is 21.0 Å². The van der Waals surface area contributed by atoms with Crippen molar-refractivity contribution in [1.82, 2.24) is 9.55 Å². The van der Waals surface area contributed by atoms with Gasteiger partial charge < -0.3 is 10.6 Å². The van der Waals surface area contributed by atoms with Gasteiger partial charge in [0, 0.05) is 5.54 Å². The summed E-state index contributed by atoms with van der Waals surface area (Å²) >= 11 is 0. The zero-order chi connectivity index (χ0) is 21.7. The number of amides is 1. The average Bonchev–Trinajstić information content (AvgIpc) is 2.76. The Balaban J connectivity index is 1.23. The Morgan fingerprint density at radius 3 is 2.28 bits per heavy atom. The zero-order valence-electron chi connectivity index (χ0n) is 18.1. The maximum atomic E-state index is 13.0. The first-order valence-corrected chi connectivity index (χ1v) is 11.7. The van der Waals surface area contributed by atoms with E-state index in [4.69, 9.17) is 0 Å². The fraction of sp³-hybridized carbons (Fsp3) is 0.423. The first kappa shape index (κ1) is 19.5. The van der Waals surface area contributed by atoms with E-state index in [1.165, 1.54) is 49.3 Å². The predicted molar refractivity (Wildman–Crippen MR) is 126 cm³/mol. The largest absolute Gasteiger partial charge is 0.378 e. The van der Waals surface area contributed by atoms with Crippen LogP contribution in [0.4, 0.5) is 11.4 Å². The molecule has 4 aliphatic carbocycles. The summed E-state index contributed by atoms with van der Waals surface area (Å²) in [5, 5.41) is 6.92. The number of benzene rings is 2. The molecular weight excluding hydrogens is 400 g/mol. The molecule has 3 aromatic rings. The third-order valence-electron chi connectivity index (χ3n) is 7.69. The maximum Gasteiger partial charge on any atom is 0.269 e. The van der Waals surface area contributed by atoms with E-state index in [-0.39, 0.29) is 23.6 Å². The lowest BCUT2D eigenvalue weighted by Crippen LogP contribution is -2.54. The lowest BCUT2D eigenvalue weighted by Gasteiger charge is -2.57. The van der Waals surface area contributed by atoms with Crippen LogP contribution < -0.4 is 16.2 Å². The van der Waals surface area contributed by atoms with E-state index in [1.807, 2.05) is 42.5 Å². The Kier molecular flexibility index (Phi) is 4.56. The number of para-hydroxylation sites is 4. The van der Waals surface area contributed by atoms with E-state index in [0.29, 0.717) is 11.0 Å². The number of nitrogens with one attached hydrogen (secondary N) is 2. The minimum absolute atomic E-state index is 0.0480. The highest BCUT2D eigenvalue weighted by Crippen LogP contribution is 2.56. The van der Waals surface area contributed by atoms with Crippen LogP contribution in [0.25, 0.3) is 11.0 Å². The van der Waals surface area contributed by atoms with Gasteiger partial charge in [-0.25, -0.2) is 4.98 Å². The highest BCUT2D eigenvalue weighted by Gasteiger charge is 2.51. The quantitative estimate of drug-likeness (QED) is 0.631. The van der Waals surface area contributed by atoms with Crippen LogP contribution in [0, 0.1) is 17.8 Å². The van der Waals surface area contributed by atoms with Crippen molar-refractivity contribution in [2.75, 3.05) is 10.6 Å². The van der Waals surface area contributed by atoms with Crippen LogP contribution in [0.2, 0.25) is 0 Å². The maximum absolute atomic E-state index is 13.0. The average molecular weight is 429 g/mol. The number of rotatable bonds is 5. The van der Waals surface area contributed by atoms with Gasteiger partial charge in [0.05, 0.1) is 28.6 Å². The molecule has 0 unspecified atom stereocenters. The smallest absolute Gasteiger partial charge is 0.269 e. The summed E-state index contributed by atoms with van der Waals surface area (Å²) in [6.07, 6.45) is 9.17. The number of carbonyl (C=O) groups is 1. The van der Waals surface area contributed by atoms with Crippen molar-refractivity contribution in [2.45, 2.75) is 50.6 Å². The van der Waals surface area contributed by atoms with Crippen LogP contribution in [0.5, 0.6) is 0 Å². The summed E-state index contributed by atoms with van der Waals surface area (Å²) in [5.74, 6) is 2.33. The van der Waals surface area contributed by atoms with Gasteiger partial charge in [-0.15, -0.1) is 0 Å². The van der Waals surface area contributed by atoms with Gasteiger partial charge >= 0.3 is 0 Å². The Morgan fingerprint density at radius 1 is 0.938 bits per heavy atom. The van der Waals surface area contributed by atoms with E-state index in [1.54, 1.807) is 0 Å².